The minimum atomic E-state index is -0.189. The summed E-state index contributed by atoms with van der Waals surface area (Å²) in [4.78, 5) is 12.5. The molecule has 108 valence electrons. The fraction of sp³-hybridized carbons (Fsp3) is 0.188. The smallest absolute Gasteiger partial charge is 0.256 e. The van der Waals surface area contributed by atoms with Gasteiger partial charge in [0.25, 0.3) is 5.91 Å². The van der Waals surface area contributed by atoms with Gasteiger partial charge in [0.05, 0.1) is 15.7 Å². The van der Waals surface area contributed by atoms with Crippen LogP contribution in [0.4, 0.5) is 11.4 Å². The molecule has 0 saturated carbocycles. The van der Waals surface area contributed by atoms with Crippen LogP contribution in [0.3, 0.4) is 0 Å². The van der Waals surface area contributed by atoms with Gasteiger partial charge in [0, 0.05) is 17.8 Å². The van der Waals surface area contributed by atoms with E-state index < -0.39 is 0 Å². The van der Waals surface area contributed by atoms with Gasteiger partial charge in [-0.2, -0.15) is 0 Å². The number of halogens is 2. The summed E-state index contributed by atoms with van der Waals surface area (Å²) in [5.41, 5.74) is 3.19. The number of para-hydroxylation sites is 1. The van der Waals surface area contributed by atoms with E-state index in [9.17, 15) is 4.79 Å². The van der Waals surface area contributed by atoms with Gasteiger partial charge in [-0.1, -0.05) is 35.3 Å². The summed E-state index contributed by atoms with van der Waals surface area (Å²) in [6.07, 6.45) is 1.91. The Morgan fingerprint density at radius 2 is 1.81 bits per heavy atom. The Hall–Kier alpha value is -1.71. The van der Waals surface area contributed by atoms with Gasteiger partial charge in [0.1, 0.15) is 0 Å². The largest absolute Gasteiger partial charge is 0.385 e. The lowest BCUT2D eigenvalue weighted by Crippen LogP contribution is -2.19. The topological polar surface area (TPSA) is 41.1 Å². The van der Waals surface area contributed by atoms with Crippen molar-refractivity contribution in [1.29, 1.82) is 0 Å². The van der Waals surface area contributed by atoms with Crippen LogP contribution in [-0.4, -0.2) is 12.5 Å². The summed E-state index contributed by atoms with van der Waals surface area (Å²) < 4.78 is 0. The molecule has 0 aliphatic carbocycles. The minimum Gasteiger partial charge on any atom is -0.385 e. The highest BCUT2D eigenvalue weighted by Gasteiger charge is 2.18. The zero-order valence-corrected chi connectivity index (χ0v) is 12.8. The third-order valence-electron chi connectivity index (χ3n) is 3.54. The number of fused-ring (bicyclic) bond motifs is 1. The minimum absolute atomic E-state index is 0.189. The molecule has 21 heavy (non-hydrogen) atoms. The van der Waals surface area contributed by atoms with Gasteiger partial charge >= 0.3 is 0 Å². The van der Waals surface area contributed by atoms with Crippen LogP contribution in [-0.2, 0) is 6.42 Å². The highest BCUT2D eigenvalue weighted by atomic mass is 35.5. The fourth-order valence-corrected chi connectivity index (χ4v) is 3.01. The molecule has 3 rings (SSSR count). The van der Waals surface area contributed by atoms with Gasteiger partial charge in [-0.15, -0.1) is 0 Å². The predicted molar refractivity (Wildman–Crippen MR) is 87.7 cm³/mol. The Bertz CT molecular complexity index is 680. The van der Waals surface area contributed by atoms with E-state index in [0.29, 0.717) is 21.3 Å². The Balaban J connectivity index is 1.93. The first-order valence-electron chi connectivity index (χ1n) is 6.78. The van der Waals surface area contributed by atoms with Crippen LogP contribution in [0.1, 0.15) is 22.3 Å². The average Bonchev–Trinajstić information content (AvgIpc) is 2.50. The Morgan fingerprint density at radius 3 is 2.57 bits per heavy atom. The Kier molecular flexibility index (Phi) is 4.04. The molecule has 3 nitrogen and oxygen atoms in total. The molecule has 2 aromatic rings. The number of anilines is 2. The molecule has 0 radical (unpaired) electrons. The molecule has 1 amide bonds. The third kappa shape index (κ3) is 2.85. The maximum Gasteiger partial charge on any atom is 0.256 e. The van der Waals surface area contributed by atoms with Crippen LogP contribution in [0.15, 0.2) is 36.4 Å². The summed E-state index contributed by atoms with van der Waals surface area (Å²) in [7, 11) is 0. The van der Waals surface area contributed by atoms with E-state index in [0.717, 1.165) is 30.6 Å². The average molecular weight is 321 g/mol. The second kappa shape index (κ2) is 5.96. The molecule has 0 atom stereocenters. The monoisotopic (exact) mass is 320 g/mol. The summed E-state index contributed by atoms with van der Waals surface area (Å²) in [5.74, 6) is -0.189. The van der Waals surface area contributed by atoms with Gasteiger partial charge < -0.3 is 10.6 Å². The van der Waals surface area contributed by atoms with E-state index in [1.807, 2.05) is 18.2 Å². The quantitative estimate of drug-likeness (QED) is 0.848. The van der Waals surface area contributed by atoms with E-state index >= 15 is 0 Å². The predicted octanol–water partition coefficient (Wildman–Crippen LogP) is 4.60. The van der Waals surface area contributed by atoms with Crippen LogP contribution in [0, 0.1) is 0 Å². The molecule has 2 N–H and O–H groups in total. The van der Waals surface area contributed by atoms with Crippen LogP contribution in [0.2, 0.25) is 10.0 Å². The maximum atomic E-state index is 12.5. The lowest BCUT2D eigenvalue weighted by atomic mass is 9.97. The molecule has 1 aliphatic rings. The molecule has 0 fully saturated rings. The lowest BCUT2D eigenvalue weighted by Gasteiger charge is -2.20. The number of carbonyl (C=O) groups excluding carboxylic acids is 1. The molecule has 0 aromatic heterocycles. The second-order valence-electron chi connectivity index (χ2n) is 4.91. The summed E-state index contributed by atoms with van der Waals surface area (Å²) >= 11 is 12.2. The van der Waals surface area contributed by atoms with Crippen molar-refractivity contribution in [3.8, 4) is 0 Å². The van der Waals surface area contributed by atoms with Gasteiger partial charge in [-0.25, -0.2) is 0 Å². The van der Waals surface area contributed by atoms with Crippen LogP contribution >= 0.6 is 23.2 Å². The molecule has 0 saturated heterocycles. The number of carbonyl (C=O) groups is 1. The first kappa shape index (κ1) is 14.2. The molecule has 5 heteroatoms. The summed E-state index contributed by atoms with van der Waals surface area (Å²) in [6, 6.07) is 10.8. The highest BCUT2D eigenvalue weighted by Crippen LogP contribution is 2.31. The van der Waals surface area contributed by atoms with Crippen LogP contribution in [0.5, 0.6) is 0 Å². The van der Waals surface area contributed by atoms with E-state index in [2.05, 4.69) is 10.6 Å². The normalized spacial score (nSPS) is 13.2. The van der Waals surface area contributed by atoms with Crippen molar-refractivity contribution in [2.45, 2.75) is 12.8 Å². The molecule has 0 unspecified atom stereocenters. The van der Waals surface area contributed by atoms with Gasteiger partial charge in [-0.05, 0) is 42.7 Å². The zero-order chi connectivity index (χ0) is 14.8. The van der Waals surface area contributed by atoms with Crippen LogP contribution < -0.4 is 10.6 Å². The first-order chi connectivity index (χ1) is 10.2. The summed E-state index contributed by atoms with van der Waals surface area (Å²) in [5, 5.41) is 6.99. The number of nitrogens with one attached hydrogen (secondary N) is 2. The van der Waals surface area contributed by atoms with Gasteiger partial charge in [-0.3, -0.25) is 4.79 Å². The highest BCUT2D eigenvalue weighted by molar-refractivity contribution is 6.40. The molecule has 2 aromatic carbocycles. The molecule has 0 spiro atoms. The van der Waals surface area contributed by atoms with Gasteiger partial charge in [0.2, 0.25) is 0 Å². The number of rotatable bonds is 2. The SMILES string of the molecule is O=C(Nc1c(Cl)cccc1Cl)c1cccc2c1CCCN2. The zero-order valence-electron chi connectivity index (χ0n) is 11.2. The van der Waals surface area contributed by atoms with E-state index in [1.54, 1.807) is 18.2 Å². The third-order valence-corrected chi connectivity index (χ3v) is 4.17. The van der Waals surface area contributed by atoms with E-state index in [-0.39, 0.29) is 5.91 Å². The Labute approximate surface area is 133 Å². The first-order valence-corrected chi connectivity index (χ1v) is 7.53. The second-order valence-corrected chi connectivity index (χ2v) is 5.73. The van der Waals surface area contributed by atoms with Gasteiger partial charge in [0.15, 0.2) is 0 Å². The van der Waals surface area contributed by atoms with Crippen molar-refractivity contribution in [2.75, 3.05) is 17.2 Å². The lowest BCUT2D eigenvalue weighted by molar-refractivity contribution is 0.102. The Morgan fingerprint density at radius 1 is 1.10 bits per heavy atom. The molecular formula is C16H14Cl2N2O. The van der Waals surface area contributed by atoms with E-state index in [4.69, 9.17) is 23.2 Å². The van der Waals surface area contributed by atoms with E-state index in [1.165, 1.54) is 0 Å². The van der Waals surface area contributed by atoms with Crippen molar-refractivity contribution in [3.63, 3.8) is 0 Å². The molecule has 0 bridgehead atoms. The molecular weight excluding hydrogens is 307 g/mol. The number of hydrogen-bond acceptors (Lipinski definition) is 2. The molecule has 1 aliphatic heterocycles. The standard InChI is InChI=1S/C16H14Cl2N2O/c17-12-6-2-7-13(18)15(12)20-16(21)11-4-1-8-14-10(11)5-3-9-19-14/h1-2,4,6-8,19H,3,5,9H2,(H,20,21). The number of hydrogen-bond donors (Lipinski definition) is 2. The molecule has 1 heterocycles. The van der Waals surface area contributed by atoms with Crippen LogP contribution in [0.25, 0.3) is 0 Å². The maximum absolute atomic E-state index is 12.5. The van der Waals surface area contributed by atoms with Crippen molar-refractivity contribution < 1.29 is 4.79 Å². The fourth-order valence-electron chi connectivity index (χ4n) is 2.52. The summed E-state index contributed by atoms with van der Waals surface area (Å²) in [6.45, 7) is 0.939. The number of benzene rings is 2. The van der Waals surface area contributed by atoms with Crippen molar-refractivity contribution in [1.82, 2.24) is 0 Å². The number of amides is 1. The van der Waals surface area contributed by atoms with Crippen molar-refractivity contribution in [3.05, 3.63) is 57.6 Å². The van der Waals surface area contributed by atoms with Crippen molar-refractivity contribution in [2.24, 2.45) is 0 Å². The van der Waals surface area contributed by atoms with Crippen molar-refractivity contribution >= 4 is 40.5 Å².